The van der Waals surface area contributed by atoms with Crippen molar-refractivity contribution in [1.82, 2.24) is 10.6 Å². The second-order valence-electron chi connectivity index (χ2n) is 5.65. The van der Waals surface area contributed by atoms with E-state index in [0.717, 1.165) is 19.3 Å². The predicted molar refractivity (Wildman–Crippen MR) is 98.7 cm³/mol. The van der Waals surface area contributed by atoms with Gasteiger partial charge in [-0.15, -0.1) is 0 Å². The minimum atomic E-state index is -0.544. The largest absolute Gasteiger partial charge is 0.497 e. The number of carbonyl (C=O) groups is 3. The summed E-state index contributed by atoms with van der Waals surface area (Å²) < 4.78 is 10.3. The van der Waals surface area contributed by atoms with Gasteiger partial charge >= 0.3 is 6.03 Å². The second kappa shape index (κ2) is 11.7. The summed E-state index contributed by atoms with van der Waals surface area (Å²) in [6.07, 6.45) is 3.42. The minimum Gasteiger partial charge on any atom is -0.497 e. The van der Waals surface area contributed by atoms with Crippen LogP contribution in [0.3, 0.4) is 0 Å². The SMILES string of the molecule is CNC(=O)C(=O)CCCCCCNC(=O)Nc1cc(OC)cc(OC)c1. The van der Waals surface area contributed by atoms with Crippen LogP contribution < -0.4 is 25.4 Å². The van der Waals surface area contributed by atoms with Crippen molar-refractivity contribution in [2.24, 2.45) is 0 Å². The van der Waals surface area contributed by atoms with Gasteiger partial charge in [-0.25, -0.2) is 4.79 Å². The zero-order chi connectivity index (χ0) is 19.4. The zero-order valence-corrected chi connectivity index (χ0v) is 15.5. The Bertz CT molecular complexity index is 597. The van der Waals surface area contributed by atoms with Crippen LogP contribution in [0.4, 0.5) is 10.5 Å². The van der Waals surface area contributed by atoms with Crippen LogP contribution in [-0.2, 0) is 9.59 Å². The quantitative estimate of drug-likeness (QED) is 0.411. The van der Waals surface area contributed by atoms with Gasteiger partial charge in [-0.2, -0.15) is 0 Å². The van der Waals surface area contributed by atoms with Gasteiger partial charge in [-0.05, 0) is 12.8 Å². The van der Waals surface area contributed by atoms with Crippen LogP contribution in [0, 0.1) is 0 Å². The summed E-state index contributed by atoms with van der Waals surface area (Å²) in [6.45, 7) is 0.524. The average molecular weight is 365 g/mol. The van der Waals surface area contributed by atoms with Crippen molar-refractivity contribution in [2.75, 3.05) is 33.1 Å². The Morgan fingerprint density at radius 2 is 1.54 bits per heavy atom. The molecule has 0 fully saturated rings. The molecular weight excluding hydrogens is 338 g/mol. The average Bonchev–Trinajstić information content (AvgIpc) is 2.65. The summed E-state index contributed by atoms with van der Waals surface area (Å²) >= 11 is 0. The molecule has 26 heavy (non-hydrogen) atoms. The minimum absolute atomic E-state index is 0.255. The van der Waals surface area contributed by atoms with Crippen molar-refractivity contribution >= 4 is 23.4 Å². The smallest absolute Gasteiger partial charge is 0.319 e. The van der Waals surface area contributed by atoms with Gasteiger partial charge in [-0.3, -0.25) is 9.59 Å². The molecule has 0 atom stereocenters. The molecule has 3 amide bonds. The van der Waals surface area contributed by atoms with Gasteiger partial charge in [-0.1, -0.05) is 12.8 Å². The van der Waals surface area contributed by atoms with Gasteiger partial charge in [0.2, 0.25) is 5.78 Å². The van der Waals surface area contributed by atoms with Crippen molar-refractivity contribution in [3.05, 3.63) is 18.2 Å². The molecule has 1 rings (SSSR count). The molecule has 0 aliphatic heterocycles. The maximum absolute atomic E-state index is 11.9. The van der Waals surface area contributed by atoms with E-state index in [1.54, 1.807) is 32.4 Å². The lowest BCUT2D eigenvalue weighted by Gasteiger charge is -2.10. The highest BCUT2D eigenvalue weighted by Gasteiger charge is 2.10. The summed E-state index contributed by atoms with van der Waals surface area (Å²) in [5.74, 6) is 0.244. The summed E-state index contributed by atoms with van der Waals surface area (Å²) in [7, 11) is 4.53. The number of rotatable bonds is 11. The predicted octanol–water partition coefficient (Wildman–Crippen LogP) is 2.09. The fraction of sp³-hybridized carbons (Fsp3) is 0.500. The van der Waals surface area contributed by atoms with E-state index in [2.05, 4.69) is 16.0 Å². The highest BCUT2D eigenvalue weighted by atomic mass is 16.5. The van der Waals surface area contributed by atoms with Crippen molar-refractivity contribution in [2.45, 2.75) is 32.1 Å². The van der Waals surface area contributed by atoms with E-state index in [-0.39, 0.29) is 12.5 Å². The first-order valence-electron chi connectivity index (χ1n) is 8.53. The molecule has 8 heteroatoms. The molecule has 0 radical (unpaired) electrons. The van der Waals surface area contributed by atoms with Crippen LogP contribution in [-0.4, -0.2) is 45.5 Å². The van der Waals surface area contributed by atoms with E-state index in [1.165, 1.54) is 7.05 Å². The third kappa shape index (κ3) is 7.87. The molecule has 1 aromatic rings. The highest BCUT2D eigenvalue weighted by Crippen LogP contribution is 2.25. The van der Waals surface area contributed by atoms with Crippen molar-refractivity contribution in [3.63, 3.8) is 0 Å². The Kier molecular flexibility index (Phi) is 9.59. The topological polar surface area (TPSA) is 106 Å². The molecule has 0 aliphatic carbocycles. The molecule has 0 bridgehead atoms. The fourth-order valence-electron chi connectivity index (χ4n) is 2.27. The number of anilines is 1. The van der Waals surface area contributed by atoms with Gasteiger partial charge in [0, 0.05) is 43.9 Å². The van der Waals surface area contributed by atoms with Crippen LogP contribution >= 0.6 is 0 Å². The Labute approximate surface area is 153 Å². The van der Waals surface area contributed by atoms with E-state index in [9.17, 15) is 14.4 Å². The first kappa shape index (κ1) is 21.3. The fourth-order valence-corrected chi connectivity index (χ4v) is 2.27. The Morgan fingerprint density at radius 1 is 0.923 bits per heavy atom. The number of hydrogen-bond donors (Lipinski definition) is 3. The Morgan fingerprint density at radius 3 is 2.12 bits per heavy atom. The summed E-state index contributed by atoms with van der Waals surface area (Å²) in [6, 6.07) is 4.81. The number of unbranched alkanes of at least 4 members (excludes halogenated alkanes) is 3. The molecule has 0 saturated carbocycles. The van der Waals surface area contributed by atoms with Gasteiger partial charge in [0.25, 0.3) is 5.91 Å². The summed E-state index contributed by atoms with van der Waals surface area (Å²) in [5, 5.41) is 7.81. The molecular formula is C18H27N3O5. The number of likely N-dealkylation sites (N-methyl/N-ethyl adjacent to an activating group) is 1. The van der Waals surface area contributed by atoms with E-state index >= 15 is 0 Å². The van der Waals surface area contributed by atoms with Crippen molar-refractivity contribution in [1.29, 1.82) is 0 Å². The molecule has 0 heterocycles. The standard InChI is InChI=1S/C18H27N3O5/c1-19-17(23)16(22)8-6-4-5-7-9-20-18(24)21-13-10-14(25-2)12-15(11-13)26-3/h10-12H,4-9H2,1-3H3,(H,19,23)(H2,20,21,24). The molecule has 8 nitrogen and oxygen atoms in total. The van der Waals surface area contributed by atoms with E-state index in [4.69, 9.17) is 9.47 Å². The molecule has 144 valence electrons. The van der Waals surface area contributed by atoms with Gasteiger partial charge in [0.1, 0.15) is 11.5 Å². The van der Waals surface area contributed by atoms with Crippen LogP contribution in [0.5, 0.6) is 11.5 Å². The van der Waals surface area contributed by atoms with Crippen molar-refractivity contribution < 1.29 is 23.9 Å². The summed E-state index contributed by atoms with van der Waals surface area (Å²) in [4.78, 5) is 34.3. The third-order valence-corrected chi connectivity index (χ3v) is 3.71. The molecule has 0 unspecified atom stereocenters. The van der Waals surface area contributed by atoms with Crippen LogP contribution in [0.1, 0.15) is 32.1 Å². The van der Waals surface area contributed by atoms with Gasteiger partial charge in [0.05, 0.1) is 14.2 Å². The number of benzene rings is 1. The van der Waals surface area contributed by atoms with E-state index in [1.807, 2.05) is 0 Å². The lowest BCUT2D eigenvalue weighted by Crippen LogP contribution is -2.29. The monoisotopic (exact) mass is 365 g/mol. The van der Waals surface area contributed by atoms with Crippen LogP contribution in [0.2, 0.25) is 0 Å². The van der Waals surface area contributed by atoms with E-state index in [0.29, 0.717) is 30.2 Å². The lowest BCUT2D eigenvalue weighted by atomic mass is 10.1. The van der Waals surface area contributed by atoms with Crippen LogP contribution in [0.25, 0.3) is 0 Å². The molecule has 0 spiro atoms. The number of urea groups is 1. The second-order valence-corrected chi connectivity index (χ2v) is 5.65. The highest BCUT2D eigenvalue weighted by molar-refractivity contribution is 6.36. The first-order chi connectivity index (χ1) is 12.5. The number of methoxy groups -OCH3 is 2. The summed E-state index contributed by atoms with van der Waals surface area (Å²) in [5.41, 5.74) is 0.575. The Hall–Kier alpha value is -2.77. The maximum Gasteiger partial charge on any atom is 0.319 e. The number of hydrogen-bond acceptors (Lipinski definition) is 5. The van der Waals surface area contributed by atoms with Crippen LogP contribution in [0.15, 0.2) is 18.2 Å². The number of Topliss-reactive ketones (excluding diaryl/α,β-unsaturated/α-hetero) is 1. The lowest BCUT2D eigenvalue weighted by molar-refractivity contribution is -0.137. The zero-order valence-electron chi connectivity index (χ0n) is 15.5. The molecule has 0 saturated heterocycles. The molecule has 1 aromatic carbocycles. The molecule has 0 aromatic heterocycles. The number of nitrogens with one attached hydrogen (secondary N) is 3. The number of ketones is 1. The first-order valence-corrected chi connectivity index (χ1v) is 8.53. The number of carbonyl (C=O) groups excluding carboxylic acids is 3. The molecule has 0 aliphatic rings. The normalized spacial score (nSPS) is 9.96. The number of amides is 3. The molecule has 3 N–H and O–H groups in total. The number of ether oxygens (including phenoxy) is 2. The van der Waals surface area contributed by atoms with Gasteiger partial charge < -0.3 is 25.4 Å². The third-order valence-electron chi connectivity index (χ3n) is 3.71. The van der Waals surface area contributed by atoms with Crippen molar-refractivity contribution in [3.8, 4) is 11.5 Å². The van der Waals surface area contributed by atoms with Gasteiger partial charge in [0.15, 0.2) is 0 Å². The maximum atomic E-state index is 11.9. The van der Waals surface area contributed by atoms with E-state index < -0.39 is 11.7 Å². The Balaban J connectivity index is 2.21.